The first-order valence-electron chi connectivity index (χ1n) is 5.53. The van der Waals surface area contributed by atoms with Crippen LogP contribution < -0.4 is 4.74 Å². The Kier molecular flexibility index (Phi) is 4.08. The molecule has 0 radical (unpaired) electrons. The monoisotopic (exact) mass is 303 g/mol. The van der Waals surface area contributed by atoms with Crippen LogP contribution >= 0.6 is 11.6 Å². The van der Waals surface area contributed by atoms with E-state index in [1.165, 1.54) is 24.7 Å². The van der Waals surface area contributed by atoms with Crippen molar-refractivity contribution in [3.05, 3.63) is 35.9 Å². The molecule has 0 aliphatic rings. The zero-order valence-electron chi connectivity index (χ0n) is 10.2. The van der Waals surface area contributed by atoms with Gasteiger partial charge in [-0.2, -0.15) is 13.2 Å². The fourth-order valence-corrected chi connectivity index (χ4v) is 1.41. The lowest BCUT2D eigenvalue weighted by Crippen LogP contribution is -2.31. The number of pyridine rings is 1. The minimum absolute atomic E-state index is 0.111. The van der Waals surface area contributed by atoms with E-state index in [1.54, 1.807) is 6.07 Å². The van der Waals surface area contributed by atoms with Gasteiger partial charge in [0.25, 0.3) is 0 Å². The molecule has 2 heterocycles. The second kappa shape index (κ2) is 5.62. The predicted octanol–water partition coefficient (Wildman–Crippen LogP) is 3.52. The molecule has 0 fully saturated rings. The van der Waals surface area contributed by atoms with Gasteiger partial charge in [-0.05, 0) is 13.0 Å². The zero-order valence-corrected chi connectivity index (χ0v) is 11.0. The summed E-state index contributed by atoms with van der Waals surface area (Å²) < 4.78 is 41.7. The van der Waals surface area contributed by atoms with Crippen LogP contribution in [0.2, 0.25) is 5.15 Å². The maximum absolute atomic E-state index is 12.3. The number of alkyl halides is 3. The van der Waals surface area contributed by atoms with Crippen molar-refractivity contribution in [3.8, 4) is 17.1 Å². The van der Waals surface area contributed by atoms with Crippen LogP contribution in [0.4, 0.5) is 13.2 Å². The molecule has 0 saturated heterocycles. The molecular formula is C12H9ClF3N3O. The molecule has 4 nitrogen and oxygen atoms in total. The van der Waals surface area contributed by atoms with Crippen LogP contribution in [0.25, 0.3) is 11.3 Å². The van der Waals surface area contributed by atoms with E-state index in [-0.39, 0.29) is 11.0 Å². The number of hydrogen-bond acceptors (Lipinski definition) is 4. The fraction of sp³-hybridized carbons (Fsp3) is 0.250. The van der Waals surface area contributed by atoms with Crippen LogP contribution in [0.1, 0.15) is 6.92 Å². The molecule has 0 aromatic carbocycles. The van der Waals surface area contributed by atoms with Gasteiger partial charge >= 0.3 is 6.18 Å². The van der Waals surface area contributed by atoms with Crippen molar-refractivity contribution in [2.45, 2.75) is 19.2 Å². The Balaban J connectivity index is 2.12. The summed E-state index contributed by atoms with van der Waals surface area (Å²) in [4.78, 5) is 11.7. The minimum atomic E-state index is -4.43. The summed E-state index contributed by atoms with van der Waals surface area (Å²) in [5, 5.41) is 0.251. The molecule has 0 aliphatic heterocycles. The Morgan fingerprint density at radius 2 is 1.85 bits per heavy atom. The Bertz CT molecular complexity index is 572. The molecule has 0 spiro atoms. The van der Waals surface area contributed by atoms with Crippen LogP contribution in [0.3, 0.4) is 0 Å². The van der Waals surface area contributed by atoms with Gasteiger partial charge in [-0.25, -0.2) is 9.97 Å². The molecule has 20 heavy (non-hydrogen) atoms. The maximum Gasteiger partial charge on any atom is 0.425 e. The Morgan fingerprint density at radius 3 is 2.35 bits per heavy atom. The Morgan fingerprint density at radius 1 is 1.10 bits per heavy atom. The normalized spacial score (nSPS) is 13.1. The SMILES string of the molecule is C[C@H](Oc1ccc(-c2cnc(Cl)cn2)cn1)C(F)(F)F. The summed E-state index contributed by atoms with van der Waals surface area (Å²) in [6.07, 6.45) is -2.18. The molecular weight excluding hydrogens is 295 g/mol. The molecule has 0 unspecified atom stereocenters. The lowest BCUT2D eigenvalue weighted by molar-refractivity contribution is -0.189. The Labute approximate surface area is 117 Å². The number of halogens is 4. The largest absolute Gasteiger partial charge is 0.465 e. The first kappa shape index (κ1) is 14.5. The van der Waals surface area contributed by atoms with Gasteiger partial charge in [0.15, 0.2) is 6.10 Å². The van der Waals surface area contributed by atoms with Gasteiger partial charge in [-0.1, -0.05) is 11.6 Å². The highest BCUT2D eigenvalue weighted by atomic mass is 35.5. The quantitative estimate of drug-likeness (QED) is 0.870. The van der Waals surface area contributed by atoms with Crippen molar-refractivity contribution in [1.82, 2.24) is 15.0 Å². The third kappa shape index (κ3) is 3.57. The number of rotatable bonds is 3. The van der Waals surface area contributed by atoms with Gasteiger partial charge < -0.3 is 4.74 Å². The van der Waals surface area contributed by atoms with Gasteiger partial charge in [0, 0.05) is 17.8 Å². The number of nitrogens with zero attached hydrogens (tertiary/aromatic N) is 3. The van der Waals surface area contributed by atoms with Crippen molar-refractivity contribution >= 4 is 11.6 Å². The van der Waals surface area contributed by atoms with Crippen molar-refractivity contribution in [3.63, 3.8) is 0 Å². The summed E-state index contributed by atoms with van der Waals surface area (Å²) in [6, 6.07) is 2.89. The van der Waals surface area contributed by atoms with E-state index in [0.717, 1.165) is 6.92 Å². The van der Waals surface area contributed by atoms with E-state index < -0.39 is 12.3 Å². The number of aromatic nitrogens is 3. The van der Waals surface area contributed by atoms with Gasteiger partial charge in [0.1, 0.15) is 5.15 Å². The molecule has 0 bridgehead atoms. The average molecular weight is 304 g/mol. The van der Waals surface area contributed by atoms with Crippen molar-refractivity contribution in [1.29, 1.82) is 0 Å². The number of ether oxygens (including phenoxy) is 1. The molecule has 0 saturated carbocycles. The second-order valence-corrected chi connectivity index (χ2v) is 4.30. The first-order chi connectivity index (χ1) is 9.36. The highest BCUT2D eigenvalue weighted by Gasteiger charge is 2.38. The smallest absolute Gasteiger partial charge is 0.425 e. The molecule has 106 valence electrons. The lowest BCUT2D eigenvalue weighted by atomic mass is 10.2. The molecule has 2 rings (SSSR count). The topological polar surface area (TPSA) is 47.9 Å². The third-order valence-corrected chi connectivity index (χ3v) is 2.61. The van der Waals surface area contributed by atoms with Crippen LogP contribution in [0, 0.1) is 0 Å². The van der Waals surface area contributed by atoms with Gasteiger partial charge in [-0.3, -0.25) is 4.98 Å². The molecule has 0 aliphatic carbocycles. The van der Waals surface area contributed by atoms with Gasteiger partial charge in [0.2, 0.25) is 5.88 Å². The average Bonchev–Trinajstić information content (AvgIpc) is 2.39. The van der Waals surface area contributed by atoms with Crippen molar-refractivity contribution < 1.29 is 17.9 Å². The van der Waals surface area contributed by atoms with Crippen LogP contribution in [-0.4, -0.2) is 27.2 Å². The maximum atomic E-state index is 12.3. The van der Waals surface area contributed by atoms with E-state index in [9.17, 15) is 13.2 Å². The van der Waals surface area contributed by atoms with Gasteiger partial charge in [-0.15, -0.1) is 0 Å². The summed E-state index contributed by atoms with van der Waals surface area (Å²) in [5.74, 6) is -0.111. The molecule has 0 amide bonds. The summed E-state index contributed by atoms with van der Waals surface area (Å²) >= 11 is 5.61. The zero-order chi connectivity index (χ0) is 14.8. The minimum Gasteiger partial charge on any atom is -0.465 e. The molecule has 1 atom stereocenters. The van der Waals surface area contributed by atoms with Crippen LogP contribution in [0.5, 0.6) is 5.88 Å². The highest BCUT2D eigenvalue weighted by Crippen LogP contribution is 2.25. The predicted molar refractivity (Wildman–Crippen MR) is 66.4 cm³/mol. The van der Waals surface area contributed by atoms with E-state index in [0.29, 0.717) is 11.3 Å². The third-order valence-electron chi connectivity index (χ3n) is 2.41. The Hall–Kier alpha value is -1.89. The highest BCUT2D eigenvalue weighted by molar-refractivity contribution is 6.29. The molecule has 2 aromatic heterocycles. The summed E-state index contributed by atoms with van der Waals surface area (Å²) in [7, 11) is 0. The van der Waals surface area contributed by atoms with Crippen molar-refractivity contribution in [2.24, 2.45) is 0 Å². The summed E-state index contributed by atoms with van der Waals surface area (Å²) in [5.41, 5.74) is 1.11. The van der Waals surface area contributed by atoms with E-state index in [4.69, 9.17) is 16.3 Å². The van der Waals surface area contributed by atoms with Crippen LogP contribution in [-0.2, 0) is 0 Å². The van der Waals surface area contributed by atoms with E-state index in [2.05, 4.69) is 15.0 Å². The fourth-order valence-electron chi connectivity index (χ4n) is 1.31. The molecule has 2 aromatic rings. The van der Waals surface area contributed by atoms with Crippen LogP contribution in [0.15, 0.2) is 30.7 Å². The van der Waals surface area contributed by atoms with E-state index >= 15 is 0 Å². The number of hydrogen-bond donors (Lipinski definition) is 0. The molecule has 8 heteroatoms. The first-order valence-corrected chi connectivity index (χ1v) is 5.91. The lowest BCUT2D eigenvalue weighted by Gasteiger charge is -2.16. The molecule has 0 N–H and O–H groups in total. The van der Waals surface area contributed by atoms with Crippen molar-refractivity contribution in [2.75, 3.05) is 0 Å². The van der Waals surface area contributed by atoms with Gasteiger partial charge in [0.05, 0.1) is 18.1 Å². The second-order valence-electron chi connectivity index (χ2n) is 3.91. The summed E-state index contributed by atoms with van der Waals surface area (Å²) in [6.45, 7) is 0.917. The standard InChI is InChI=1S/C12H9ClF3N3O/c1-7(12(14,15)16)20-11-3-2-8(4-19-11)9-5-18-10(13)6-17-9/h2-7H,1H3/t7-/m0/s1. The van der Waals surface area contributed by atoms with E-state index in [1.807, 2.05) is 0 Å².